The van der Waals surface area contributed by atoms with Crippen molar-refractivity contribution in [3.05, 3.63) is 106 Å². The van der Waals surface area contributed by atoms with Gasteiger partial charge in [-0.05, 0) is 47.9 Å². The van der Waals surface area contributed by atoms with Crippen molar-refractivity contribution in [3.8, 4) is 0 Å². The predicted molar refractivity (Wildman–Crippen MR) is 111 cm³/mol. The molecule has 1 nitrogen and oxygen atoms in total. The smallest absolute Gasteiger partial charge is 0.248 e. The van der Waals surface area contributed by atoms with Gasteiger partial charge in [-0.3, -0.25) is 0 Å². The highest BCUT2D eigenvalue weighted by Crippen LogP contribution is 2.30. The van der Waals surface area contributed by atoms with Crippen molar-refractivity contribution in [2.45, 2.75) is 11.1 Å². The van der Waals surface area contributed by atoms with Crippen LogP contribution < -0.4 is 0 Å². The minimum absolute atomic E-state index is 0.555. The van der Waals surface area contributed by atoms with Crippen LogP contribution in [0.1, 0.15) is 11.1 Å². The number of para-hydroxylation sites is 1. The van der Waals surface area contributed by atoms with Crippen molar-refractivity contribution in [2.24, 2.45) is 4.99 Å². The maximum absolute atomic E-state index is 12.8. The van der Waals surface area contributed by atoms with E-state index in [0.717, 1.165) is 17.0 Å². The Balaban J connectivity index is 1.90. The Bertz CT molecular complexity index is 981. The van der Waals surface area contributed by atoms with Gasteiger partial charge in [-0.2, -0.15) is 13.2 Å². The first-order chi connectivity index (χ1) is 13.4. The largest absolute Gasteiger partial charge is 0.416 e. The average Bonchev–Trinajstić information content (AvgIpc) is 2.69. The van der Waals surface area contributed by atoms with E-state index in [1.54, 1.807) is 12.1 Å². The second-order valence-electron chi connectivity index (χ2n) is 5.76. The Morgan fingerprint density at radius 2 is 1.50 bits per heavy atom. The van der Waals surface area contributed by atoms with Gasteiger partial charge in [0.1, 0.15) is 0 Å². The Morgan fingerprint density at radius 3 is 2.14 bits per heavy atom. The van der Waals surface area contributed by atoms with E-state index in [9.17, 15) is 13.2 Å². The molecule has 3 rings (SSSR count). The molecule has 0 saturated carbocycles. The van der Waals surface area contributed by atoms with Crippen molar-refractivity contribution in [3.63, 3.8) is 0 Å². The summed E-state index contributed by atoms with van der Waals surface area (Å²) in [5.74, 6) is 0. The van der Waals surface area contributed by atoms with Crippen LogP contribution in [-0.4, -0.2) is 5.71 Å². The molecule has 142 valence electrons. The fourth-order valence-electron chi connectivity index (χ4n) is 2.38. The first-order valence-electron chi connectivity index (χ1n) is 8.32. The summed E-state index contributed by atoms with van der Waals surface area (Å²) in [6, 6.07) is 21.6. The van der Waals surface area contributed by atoms with Crippen molar-refractivity contribution in [1.29, 1.82) is 0 Å². The molecule has 6 heteroatoms. The molecule has 0 aliphatic heterocycles. The third kappa shape index (κ3) is 5.50. The number of halogens is 4. The first-order valence-corrected chi connectivity index (χ1v) is 9.58. The molecule has 0 heterocycles. The molecular formula is C22H15ClF3NS. The number of thioether (sulfide) groups is 1. The van der Waals surface area contributed by atoms with Gasteiger partial charge in [-0.1, -0.05) is 65.8 Å². The second-order valence-corrected chi connectivity index (χ2v) is 7.11. The number of hydrogen-bond acceptors (Lipinski definition) is 2. The number of benzene rings is 3. The molecule has 0 saturated heterocycles. The molecule has 0 aromatic heterocycles. The van der Waals surface area contributed by atoms with Gasteiger partial charge in [-0.15, -0.1) is 0 Å². The Labute approximate surface area is 170 Å². The van der Waals surface area contributed by atoms with Crippen LogP contribution in [0.5, 0.6) is 0 Å². The van der Waals surface area contributed by atoms with E-state index in [1.165, 1.54) is 23.9 Å². The third-order valence-electron chi connectivity index (χ3n) is 3.77. The molecule has 0 atom stereocenters. The lowest BCUT2D eigenvalue weighted by Gasteiger charge is -2.08. The van der Waals surface area contributed by atoms with E-state index >= 15 is 0 Å². The first kappa shape index (κ1) is 20.2. The zero-order valence-corrected chi connectivity index (χ0v) is 16.1. The lowest BCUT2D eigenvalue weighted by Crippen LogP contribution is -2.05. The van der Waals surface area contributed by atoms with Crippen LogP contribution in [0.4, 0.5) is 18.9 Å². The number of alkyl halides is 3. The van der Waals surface area contributed by atoms with Crippen LogP contribution in [0, 0.1) is 0 Å². The van der Waals surface area contributed by atoms with Gasteiger partial charge in [0.2, 0.25) is 0 Å². The average molecular weight is 418 g/mol. The Morgan fingerprint density at radius 1 is 0.857 bits per heavy atom. The fraction of sp³-hybridized carbons (Fsp3) is 0.0455. The van der Waals surface area contributed by atoms with Gasteiger partial charge in [0.15, 0.2) is 0 Å². The SMILES string of the molecule is FC(F)(F)c1ccc(C(C=CSc2ccccc2Cl)=Nc2ccccc2)cc1. The molecule has 28 heavy (non-hydrogen) atoms. The number of rotatable bonds is 5. The predicted octanol–water partition coefficient (Wildman–Crippen LogP) is 7.79. The van der Waals surface area contributed by atoms with Crippen LogP contribution in [0.25, 0.3) is 0 Å². The van der Waals surface area contributed by atoms with Crippen LogP contribution in [0.15, 0.2) is 100 Å². The van der Waals surface area contributed by atoms with Gasteiger partial charge in [-0.25, -0.2) is 4.99 Å². The summed E-state index contributed by atoms with van der Waals surface area (Å²) in [6.07, 6.45) is -2.60. The molecule has 0 spiro atoms. The second kappa shape index (κ2) is 9.13. The molecule has 0 aliphatic carbocycles. The molecule has 3 aromatic rings. The van der Waals surface area contributed by atoms with Crippen molar-refractivity contribution < 1.29 is 13.2 Å². The highest BCUT2D eigenvalue weighted by molar-refractivity contribution is 8.02. The van der Waals surface area contributed by atoms with E-state index < -0.39 is 11.7 Å². The van der Waals surface area contributed by atoms with Crippen LogP contribution >= 0.6 is 23.4 Å². The minimum Gasteiger partial charge on any atom is -0.248 e. The van der Waals surface area contributed by atoms with Crippen molar-refractivity contribution in [2.75, 3.05) is 0 Å². The highest BCUT2D eigenvalue weighted by Gasteiger charge is 2.30. The third-order valence-corrected chi connectivity index (χ3v) is 5.10. The van der Waals surface area contributed by atoms with Crippen LogP contribution in [-0.2, 0) is 6.18 Å². The lowest BCUT2D eigenvalue weighted by atomic mass is 10.1. The van der Waals surface area contributed by atoms with Gasteiger partial charge in [0.05, 0.1) is 22.0 Å². The monoisotopic (exact) mass is 417 g/mol. The number of aliphatic imine (C=N–C) groups is 1. The van der Waals surface area contributed by atoms with Crippen LogP contribution in [0.2, 0.25) is 5.02 Å². The maximum Gasteiger partial charge on any atom is 0.416 e. The molecule has 0 fully saturated rings. The lowest BCUT2D eigenvalue weighted by molar-refractivity contribution is -0.137. The summed E-state index contributed by atoms with van der Waals surface area (Å²) < 4.78 is 38.5. The van der Waals surface area contributed by atoms with Gasteiger partial charge in [0, 0.05) is 10.5 Å². The summed E-state index contributed by atoms with van der Waals surface area (Å²) in [5, 5.41) is 2.45. The van der Waals surface area contributed by atoms with E-state index in [0.29, 0.717) is 22.0 Å². The van der Waals surface area contributed by atoms with E-state index in [4.69, 9.17) is 11.6 Å². The topological polar surface area (TPSA) is 12.4 Å². The zero-order chi connectivity index (χ0) is 20.0. The molecule has 0 bridgehead atoms. The fourth-order valence-corrected chi connectivity index (χ4v) is 3.33. The maximum atomic E-state index is 12.8. The molecule has 0 unspecified atom stereocenters. The quantitative estimate of drug-likeness (QED) is 0.305. The molecule has 0 aliphatic rings. The summed E-state index contributed by atoms with van der Waals surface area (Å²) in [7, 11) is 0. The molecular weight excluding hydrogens is 403 g/mol. The van der Waals surface area contributed by atoms with Crippen LogP contribution in [0.3, 0.4) is 0 Å². The summed E-state index contributed by atoms with van der Waals surface area (Å²) >= 11 is 7.57. The number of hydrogen-bond donors (Lipinski definition) is 0. The van der Waals surface area contributed by atoms with Gasteiger partial charge in [0.25, 0.3) is 0 Å². The highest BCUT2D eigenvalue weighted by atomic mass is 35.5. The standard InChI is InChI=1S/C22H15ClF3NS/c23-19-8-4-5-9-21(19)28-15-14-20(27-18-6-2-1-3-7-18)16-10-12-17(13-11-16)22(24,25)26/h1-15H. The van der Waals surface area contributed by atoms with Gasteiger partial charge < -0.3 is 0 Å². The molecule has 0 radical (unpaired) electrons. The Kier molecular flexibility index (Phi) is 6.60. The summed E-state index contributed by atoms with van der Waals surface area (Å²) in [4.78, 5) is 5.46. The summed E-state index contributed by atoms with van der Waals surface area (Å²) in [5.41, 5.74) is 1.17. The Hall–Kier alpha value is -2.50. The number of allylic oxidation sites excluding steroid dienone is 1. The normalized spacial score (nSPS) is 12.5. The van der Waals surface area contributed by atoms with E-state index in [1.807, 2.05) is 53.9 Å². The van der Waals surface area contributed by atoms with Crippen molar-refractivity contribution in [1.82, 2.24) is 0 Å². The van der Waals surface area contributed by atoms with Gasteiger partial charge >= 0.3 is 6.18 Å². The number of nitrogens with zero attached hydrogens (tertiary/aromatic N) is 1. The molecule has 0 amide bonds. The van der Waals surface area contributed by atoms with E-state index in [2.05, 4.69) is 4.99 Å². The minimum atomic E-state index is -4.37. The van der Waals surface area contributed by atoms with Crippen molar-refractivity contribution >= 4 is 34.8 Å². The zero-order valence-electron chi connectivity index (χ0n) is 14.5. The molecule has 3 aromatic carbocycles. The molecule has 0 N–H and O–H groups in total. The summed E-state index contributed by atoms with van der Waals surface area (Å²) in [6.45, 7) is 0. The van der Waals surface area contributed by atoms with E-state index in [-0.39, 0.29) is 0 Å².